The molecule has 2 rings (SSSR count). The van der Waals surface area contributed by atoms with Gasteiger partial charge in [-0.05, 0) is 56.2 Å². The van der Waals surface area contributed by atoms with Crippen molar-refractivity contribution in [2.24, 2.45) is 5.92 Å². The molecule has 1 aromatic rings. The third kappa shape index (κ3) is 4.31. The molecule has 0 radical (unpaired) electrons. The first kappa shape index (κ1) is 16.5. The Morgan fingerprint density at radius 1 is 1.00 bits per heavy atom. The number of hydrogen-bond donors (Lipinski definition) is 1. The van der Waals surface area contributed by atoms with Crippen LogP contribution in [-0.4, -0.2) is 31.1 Å². The van der Waals surface area contributed by atoms with Crippen LogP contribution in [0.25, 0.3) is 0 Å². The molecule has 1 heterocycles. The van der Waals surface area contributed by atoms with Crippen molar-refractivity contribution in [3.8, 4) is 0 Å². The van der Waals surface area contributed by atoms with Gasteiger partial charge in [0.1, 0.15) is 0 Å². The standard InChI is InChI=1S/C19H32N2/c1-14(2)6-7-18(21-10-8-20-9-11-21)19-16(4)12-15(3)13-17(19)5/h12-14,18,20H,6-11H2,1-5H3/t18-/m0/s1. The molecule has 1 fully saturated rings. The van der Waals surface area contributed by atoms with Crippen molar-refractivity contribution in [1.29, 1.82) is 0 Å². The van der Waals surface area contributed by atoms with Crippen LogP contribution in [0.4, 0.5) is 0 Å². The molecule has 1 atom stereocenters. The van der Waals surface area contributed by atoms with Crippen LogP contribution in [0.15, 0.2) is 12.1 Å². The van der Waals surface area contributed by atoms with Crippen LogP contribution < -0.4 is 5.32 Å². The molecule has 1 saturated heterocycles. The molecule has 1 aliphatic heterocycles. The minimum Gasteiger partial charge on any atom is -0.314 e. The summed E-state index contributed by atoms with van der Waals surface area (Å²) < 4.78 is 0. The van der Waals surface area contributed by atoms with Crippen LogP contribution in [0, 0.1) is 26.7 Å². The lowest BCUT2D eigenvalue weighted by molar-refractivity contribution is 0.159. The van der Waals surface area contributed by atoms with Gasteiger partial charge in [-0.15, -0.1) is 0 Å². The zero-order valence-electron chi connectivity index (χ0n) is 14.5. The SMILES string of the molecule is Cc1cc(C)c([C@H](CCC(C)C)N2CCNCC2)c(C)c1. The first-order valence-corrected chi connectivity index (χ1v) is 8.51. The summed E-state index contributed by atoms with van der Waals surface area (Å²) in [5, 5.41) is 3.48. The van der Waals surface area contributed by atoms with Crippen LogP contribution in [-0.2, 0) is 0 Å². The van der Waals surface area contributed by atoms with Crippen molar-refractivity contribution < 1.29 is 0 Å². The summed E-state index contributed by atoms with van der Waals surface area (Å²) >= 11 is 0. The second-order valence-electron chi connectivity index (χ2n) is 7.09. The lowest BCUT2D eigenvalue weighted by Crippen LogP contribution is -2.45. The second kappa shape index (κ2) is 7.42. The molecule has 1 N–H and O–H groups in total. The Balaban J connectivity index is 2.29. The van der Waals surface area contributed by atoms with E-state index in [1.54, 1.807) is 5.56 Å². The molecular formula is C19H32N2. The van der Waals surface area contributed by atoms with Gasteiger partial charge in [0.05, 0.1) is 0 Å². The molecule has 1 aliphatic rings. The molecule has 0 aromatic heterocycles. The zero-order valence-corrected chi connectivity index (χ0v) is 14.5. The molecule has 0 aliphatic carbocycles. The number of nitrogens with zero attached hydrogens (tertiary/aromatic N) is 1. The van der Waals surface area contributed by atoms with E-state index in [-0.39, 0.29) is 0 Å². The van der Waals surface area contributed by atoms with Crippen LogP contribution in [0.5, 0.6) is 0 Å². The highest BCUT2D eigenvalue weighted by atomic mass is 15.2. The van der Waals surface area contributed by atoms with Gasteiger partial charge < -0.3 is 5.32 Å². The van der Waals surface area contributed by atoms with Crippen molar-refractivity contribution >= 4 is 0 Å². The van der Waals surface area contributed by atoms with E-state index in [4.69, 9.17) is 0 Å². The van der Waals surface area contributed by atoms with E-state index in [0.717, 1.165) is 19.0 Å². The molecule has 0 spiro atoms. The van der Waals surface area contributed by atoms with Crippen molar-refractivity contribution in [2.45, 2.75) is 53.5 Å². The Hall–Kier alpha value is -0.860. The number of nitrogens with one attached hydrogen (secondary N) is 1. The van der Waals surface area contributed by atoms with Gasteiger partial charge in [0, 0.05) is 32.2 Å². The van der Waals surface area contributed by atoms with Crippen LogP contribution in [0.1, 0.15) is 55.0 Å². The smallest absolute Gasteiger partial charge is 0.0354 e. The van der Waals surface area contributed by atoms with E-state index in [1.807, 2.05) is 0 Å². The van der Waals surface area contributed by atoms with Gasteiger partial charge >= 0.3 is 0 Å². The maximum absolute atomic E-state index is 3.48. The molecule has 118 valence electrons. The Bertz CT molecular complexity index is 436. The Labute approximate surface area is 130 Å². The number of rotatable bonds is 5. The van der Waals surface area contributed by atoms with Crippen LogP contribution in [0.2, 0.25) is 0 Å². The van der Waals surface area contributed by atoms with Crippen molar-refractivity contribution in [3.05, 3.63) is 34.4 Å². The van der Waals surface area contributed by atoms with Gasteiger partial charge in [0.15, 0.2) is 0 Å². The Morgan fingerprint density at radius 2 is 1.57 bits per heavy atom. The van der Waals surface area contributed by atoms with E-state index in [0.29, 0.717) is 6.04 Å². The van der Waals surface area contributed by atoms with Crippen molar-refractivity contribution in [1.82, 2.24) is 10.2 Å². The Morgan fingerprint density at radius 3 is 2.10 bits per heavy atom. The van der Waals surface area contributed by atoms with Gasteiger partial charge in [0.2, 0.25) is 0 Å². The normalized spacial score (nSPS) is 18.2. The maximum Gasteiger partial charge on any atom is 0.0354 e. The summed E-state index contributed by atoms with van der Waals surface area (Å²) in [4.78, 5) is 2.70. The Kier molecular flexibility index (Phi) is 5.83. The molecule has 2 heteroatoms. The fraction of sp³-hybridized carbons (Fsp3) is 0.684. The second-order valence-corrected chi connectivity index (χ2v) is 7.09. The highest BCUT2D eigenvalue weighted by Crippen LogP contribution is 2.33. The number of benzene rings is 1. The molecule has 0 bridgehead atoms. The minimum absolute atomic E-state index is 0.593. The summed E-state index contributed by atoms with van der Waals surface area (Å²) in [5.41, 5.74) is 5.92. The van der Waals surface area contributed by atoms with E-state index in [9.17, 15) is 0 Å². The highest BCUT2D eigenvalue weighted by molar-refractivity contribution is 5.39. The van der Waals surface area contributed by atoms with Gasteiger partial charge in [-0.25, -0.2) is 0 Å². The molecule has 0 amide bonds. The van der Waals surface area contributed by atoms with Crippen molar-refractivity contribution in [3.63, 3.8) is 0 Å². The summed E-state index contributed by atoms with van der Waals surface area (Å²) in [6, 6.07) is 5.30. The van der Waals surface area contributed by atoms with E-state index in [1.165, 1.54) is 42.6 Å². The minimum atomic E-state index is 0.593. The lowest BCUT2D eigenvalue weighted by atomic mass is 9.89. The fourth-order valence-corrected chi connectivity index (χ4v) is 3.71. The van der Waals surface area contributed by atoms with E-state index < -0.39 is 0 Å². The summed E-state index contributed by atoms with van der Waals surface area (Å²) in [5.74, 6) is 0.779. The molecular weight excluding hydrogens is 256 g/mol. The van der Waals surface area contributed by atoms with Crippen LogP contribution >= 0.6 is 0 Å². The van der Waals surface area contributed by atoms with Crippen molar-refractivity contribution in [2.75, 3.05) is 26.2 Å². The maximum atomic E-state index is 3.48. The number of aryl methyl sites for hydroxylation is 3. The molecule has 2 nitrogen and oxygen atoms in total. The third-order valence-electron chi connectivity index (χ3n) is 4.68. The first-order valence-electron chi connectivity index (χ1n) is 8.51. The van der Waals surface area contributed by atoms with Gasteiger partial charge in [-0.3, -0.25) is 4.90 Å². The lowest BCUT2D eigenvalue weighted by Gasteiger charge is -2.37. The average Bonchev–Trinajstić information content (AvgIpc) is 2.42. The molecule has 1 aromatic carbocycles. The summed E-state index contributed by atoms with van der Waals surface area (Å²) in [7, 11) is 0. The largest absolute Gasteiger partial charge is 0.314 e. The molecule has 0 unspecified atom stereocenters. The quantitative estimate of drug-likeness (QED) is 0.881. The average molecular weight is 288 g/mol. The topological polar surface area (TPSA) is 15.3 Å². The van der Waals surface area contributed by atoms with Gasteiger partial charge in [0.25, 0.3) is 0 Å². The highest BCUT2D eigenvalue weighted by Gasteiger charge is 2.24. The fourth-order valence-electron chi connectivity index (χ4n) is 3.71. The number of piperazine rings is 1. The number of hydrogen-bond acceptors (Lipinski definition) is 2. The first-order chi connectivity index (χ1) is 9.99. The zero-order chi connectivity index (χ0) is 15.4. The predicted molar refractivity (Wildman–Crippen MR) is 91.9 cm³/mol. The molecule has 21 heavy (non-hydrogen) atoms. The van der Waals surface area contributed by atoms with E-state index >= 15 is 0 Å². The summed E-state index contributed by atoms with van der Waals surface area (Å²) in [6.45, 7) is 16.1. The monoisotopic (exact) mass is 288 g/mol. The van der Waals surface area contributed by atoms with Gasteiger partial charge in [-0.2, -0.15) is 0 Å². The molecule has 0 saturated carbocycles. The van der Waals surface area contributed by atoms with E-state index in [2.05, 4.69) is 57.0 Å². The predicted octanol–water partition coefficient (Wildman–Crippen LogP) is 3.99. The third-order valence-corrected chi connectivity index (χ3v) is 4.68. The summed E-state index contributed by atoms with van der Waals surface area (Å²) in [6.07, 6.45) is 2.59. The van der Waals surface area contributed by atoms with Gasteiger partial charge in [-0.1, -0.05) is 31.5 Å². The van der Waals surface area contributed by atoms with Crippen LogP contribution in [0.3, 0.4) is 0 Å².